The quantitative estimate of drug-likeness (QED) is 0.851. The molecule has 1 aromatic heterocycles. The summed E-state index contributed by atoms with van der Waals surface area (Å²) in [6.07, 6.45) is 2.91. The van der Waals surface area contributed by atoms with E-state index in [-0.39, 0.29) is 11.3 Å². The van der Waals surface area contributed by atoms with Crippen molar-refractivity contribution in [1.29, 1.82) is 0 Å². The van der Waals surface area contributed by atoms with Gasteiger partial charge in [0.2, 0.25) is 5.91 Å². The highest BCUT2D eigenvalue weighted by Crippen LogP contribution is 2.28. The molecule has 23 heavy (non-hydrogen) atoms. The molecule has 0 saturated carbocycles. The standard InChI is InChI=1S/C17H24N4O2/c1-17(2,9-13-6-5-7-15(8-13)23-4)10-16(22)21(3)12-14-11-18-20-19-14/h5-8,11H,9-10,12H2,1-4H3,(H,18,19,20). The highest BCUT2D eigenvalue weighted by Gasteiger charge is 2.25. The molecular weight excluding hydrogens is 292 g/mol. The van der Waals surface area contributed by atoms with Crippen molar-refractivity contribution in [3.05, 3.63) is 41.7 Å². The molecule has 0 saturated heterocycles. The topological polar surface area (TPSA) is 71.1 Å². The molecule has 0 aliphatic heterocycles. The van der Waals surface area contributed by atoms with E-state index in [1.165, 1.54) is 5.56 Å². The van der Waals surface area contributed by atoms with Crippen LogP contribution in [-0.2, 0) is 17.8 Å². The Balaban J connectivity index is 1.94. The molecule has 0 spiro atoms. The first-order valence-electron chi connectivity index (χ1n) is 7.61. The van der Waals surface area contributed by atoms with Gasteiger partial charge in [-0.2, -0.15) is 15.4 Å². The monoisotopic (exact) mass is 316 g/mol. The molecule has 0 aliphatic rings. The fraction of sp³-hybridized carbons (Fsp3) is 0.471. The normalized spacial score (nSPS) is 11.3. The number of aromatic amines is 1. The van der Waals surface area contributed by atoms with Crippen molar-refractivity contribution in [3.63, 3.8) is 0 Å². The van der Waals surface area contributed by atoms with Gasteiger partial charge in [-0.25, -0.2) is 0 Å². The molecule has 0 unspecified atom stereocenters. The van der Waals surface area contributed by atoms with Crippen molar-refractivity contribution < 1.29 is 9.53 Å². The molecule has 2 rings (SSSR count). The first-order chi connectivity index (χ1) is 10.9. The minimum atomic E-state index is -0.137. The average Bonchev–Trinajstić information content (AvgIpc) is 2.99. The molecule has 1 amide bonds. The maximum atomic E-state index is 12.4. The number of amides is 1. The van der Waals surface area contributed by atoms with Crippen LogP contribution in [0.25, 0.3) is 0 Å². The fourth-order valence-electron chi connectivity index (χ4n) is 2.57. The van der Waals surface area contributed by atoms with Crippen molar-refractivity contribution in [2.45, 2.75) is 33.2 Å². The molecular formula is C17H24N4O2. The van der Waals surface area contributed by atoms with E-state index in [0.29, 0.717) is 13.0 Å². The number of benzene rings is 1. The third-order valence-corrected chi connectivity index (χ3v) is 3.74. The van der Waals surface area contributed by atoms with Crippen LogP contribution in [0.5, 0.6) is 5.75 Å². The van der Waals surface area contributed by atoms with Crippen molar-refractivity contribution in [1.82, 2.24) is 20.3 Å². The van der Waals surface area contributed by atoms with Crippen molar-refractivity contribution >= 4 is 5.91 Å². The predicted octanol–water partition coefficient (Wildman–Crippen LogP) is 2.43. The largest absolute Gasteiger partial charge is 0.497 e. The van der Waals surface area contributed by atoms with Crippen LogP contribution in [0.3, 0.4) is 0 Å². The summed E-state index contributed by atoms with van der Waals surface area (Å²) in [4.78, 5) is 14.1. The van der Waals surface area contributed by atoms with Crippen molar-refractivity contribution in [2.24, 2.45) is 5.41 Å². The van der Waals surface area contributed by atoms with E-state index in [4.69, 9.17) is 4.74 Å². The summed E-state index contributed by atoms with van der Waals surface area (Å²) < 4.78 is 5.26. The van der Waals surface area contributed by atoms with Gasteiger partial charge >= 0.3 is 0 Å². The lowest BCUT2D eigenvalue weighted by molar-refractivity contribution is -0.132. The second-order valence-electron chi connectivity index (χ2n) is 6.58. The van der Waals surface area contributed by atoms with Gasteiger partial charge in [-0.05, 0) is 29.5 Å². The van der Waals surface area contributed by atoms with Gasteiger partial charge in [0, 0.05) is 13.5 Å². The number of aromatic nitrogens is 3. The number of H-pyrrole nitrogens is 1. The molecule has 1 N–H and O–H groups in total. The lowest BCUT2D eigenvalue weighted by atomic mass is 9.82. The van der Waals surface area contributed by atoms with Gasteiger partial charge in [-0.15, -0.1) is 0 Å². The Hall–Kier alpha value is -2.37. The van der Waals surface area contributed by atoms with E-state index < -0.39 is 0 Å². The summed E-state index contributed by atoms with van der Waals surface area (Å²) in [5.74, 6) is 0.939. The Labute approximate surface area is 136 Å². The molecule has 6 heteroatoms. The highest BCUT2D eigenvalue weighted by atomic mass is 16.5. The van der Waals surface area contributed by atoms with E-state index in [1.807, 2.05) is 18.2 Å². The summed E-state index contributed by atoms with van der Waals surface area (Å²) in [6.45, 7) is 4.67. The molecule has 1 heterocycles. The maximum absolute atomic E-state index is 12.4. The summed E-state index contributed by atoms with van der Waals surface area (Å²) in [6, 6.07) is 7.98. The Morgan fingerprint density at radius 3 is 2.83 bits per heavy atom. The number of ether oxygens (including phenoxy) is 1. The lowest BCUT2D eigenvalue weighted by Gasteiger charge is -2.27. The number of hydrogen-bond acceptors (Lipinski definition) is 4. The van der Waals surface area contributed by atoms with Gasteiger partial charge in [-0.3, -0.25) is 4.79 Å². The number of methoxy groups -OCH3 is 1. The number of carbonyl (C=O) groups is 1. The SMILES string of the molecule is COc1cccc(CC(C)(C)CC(=O)N(C)Cc2cn[nH]n2)c1. The van der Waals surface area contributed by atoms with E-state index >= 15 is 0 Å². The van der Waals surface area contributed by atoms with Gasteiger partial charge in [0.05, 0.1) is 19.9 Å². The molecule has 2 aromatic rings. The summed E-state index contributed by atoms with van der Waals surface area (Å²) in [5.41, 5.74) is 1.79. The fourth-order valence-corrected chi connectivity index (χ4v) is 2.57. The van der Waals surface area contributed by atoms with Crippen molar-refractivity contribution in [3.8, 4) is 5.75 Å². The molecule has 124 valence electrons. The van der Waals surface area contributed by atoms with Crippen LogP contribution in [-0.4, -0.2) is 40.4 Å². The molecule has 0 bridgehead atoms. The smallest absolute Gasteiger partial charge is 0.223 e. The second-order valence-corrected chi connectivity index (χ2v) is 6.58. The highest BCUT2D eigenvalue weighted by molar-refractivity contribution is 5.76. The molecule has 1 aromatic carbocycles. The zero-order valence-corrected chi connectivity index (χ0v) is 14.2. The van der Waals surface area contributed by atoms with Gasteiger partial charge < -0.3 is 9.64 Å². The number of nitrogens with zero attached hydrogens (tertiary/aromatic N) is 3. The third kappa shape index (κ3) is 5.09. The van der Waals surface area contributed by atoms with Gasteiger partial charge in [-0.1, -0.05) is 26.0 Å². The minimum Gasteiger partial charge on any atom is -0.497 e. The Morgan fingerprint density at radius 2 is 2.17 bits per heavy atom. The number of carbonyl (C=O) groups excluding carboxylic acids is 1. The van der Waals surface area contributed by atoms with Crippen LogP contribution in [0.1, 0.15) is 31.5 Å². The van der Waals surface area contributed by atoms with Crippen molar-refractivity contribution in [2.75, 3.05) is 14.2 Å². The first kappa shape index (κ1) is 17.0. The van der Waals surface area contributed by atoms with E-state index in [9.17, 15) is 4.79 Å². The maximum Gasteiger partial charge on any atom is 0.223 e. The lowest BCUT2D eigenvalue weighted by Crippen LogP contribution is -2.31. The van der Waals surface area contributed by atoms with Crippen LogP contribution < -0.4 is 4.74 Å². The number of hydrogen-bond donors (Lipinski definition) is 1. The Kier molecular flexibility index (Phi) is 5.36. The van der Waals surface area contributed by atoms with Crippen LogP contribution in [0.2, 0.25) is 0 Å². The van der Waals surface area contributed by atoms with Gasteiger partial charge in [0.15, 0.2) is 0 Å². The molecule has 0 fully saturated rings. The third-order valence-electron chi connectivity index (χ3n) is 3.74. The van der Waals surface area contributed by atoms with Gasteiger partial charge in [0.1, 0.15) is 11.4 Å². The van der Waals surface area contributed by atoms with E-state index in [0.717, 1.165) is 17.9 Å². The van der Waals surface area contributed by atoms with E-state index in [1.54, 1.807) is 25.3 Å². The summed E-state index contributed by atoms with van der Waals surface area (Å²) >= 11 is 0. The number of nitrogens with one attached hydrogen (secondary N) is 1. The molecule has 0 atom stereocenters. The first-order valence-corrected chi connectivity index (χ1v) is 7.61. The van der Waals surface area contributed by atoms with E-state index in [2.05, 4.69) is 35.3 Å². The van der Waals surface area contributed by atoms with Gasteiger partial charge in [0.25, 0.3) is 0 Å². The Morgan fingerprint density at radius 1 is 1.39 bits per heavy atom. The minimum absolute atomic E-state index is 0.0981. The van der Waals surface area contributed by atoms with Crippen LogP contribution in [0.15, 0.2) is 30.5 Å². The predicted molar refractivity (Wildman–Crippen MR) is 88.0 cm³/mol. The summed E-state index contributed by atoms with van der Waals surface area (Å²) in [5, 5.41) is 10.3. The zero-order valence-electron chi connectivity index (χ0n) is 14.2. The second kappa shape index (κ2) is 7.26. The summed E-state index contributed by atoms with van der Waals surface area (Å²) in [7, 11) is 3.45. The molecule has 0 aliphatic carbocycles. The average molecular weight is 316 g/mol. The van der Waals surface area contributed by atoms with Crippen LogP contribution in [0, 0.1) is 5.41 Å². The Bertz CT molecular complexity index is 638. The molecule has 6 nitrogen and oxygen atoms in total. The zero-order chi connectivity index (χ0) is 16.9. The molecule has 0 radical (unpaired) electrons. The van der Waals surface area contributed by atoms with Crippen LogP contribution in [0.4, 0.5) is 0 Å². The van der Waals surface area contributed by atoms with Crippen LogP contribution >= 0.6 is 0 Å². The number of rotatable bonds is 7.